The molecule has 3 nitrogen and oxygen atoms in total. The number of hydrogen-bond donors (Lipinski definition) is 1. The lowest BCUT2D eigenvalue weighted by molar-refractivity contribution is -0.0169. The van der Waals surface area contributed by atoms with Gasteiger partial charge in [0, 0.05) is 16.6 Å². The topological polar surface area (TPSA) is 44.5 Å². The predicted octanol–water partition coefficient (Wildman–Crippen LogP) is 2.23. The molecule has 1 aliphatic rings. The van der Waals surface area contributed by atoms with Gasteiger partial charge >= 0.3 is 0 Å². The van der Waals surface area contributed by atoms with Crippen LogP contribution >= 0.6 is 11.6 Å². The average molecular weight is 214 g/mol. The number of benzene rings is 1. The Morgan fingerprint density at radius 2 is 2.29 bits per heavy atom. The molecule has 1 unspecified atom stereocenters. The third kappa shape index (κ3) is 1.59. The Morgan fingerprint density at radius 1 is 1.50 bits per heavy atom. The minimum atomic E-state index is -0.109. The van der Waals surface area contributed by atoms with E-state index in [1.54, 1.807) is 0 Å². The van der Waals surface area contributed by atoms with E-state index in [9.17, 15) is 0 Å². The van der Waals surface area contributed by atoms with Crippen LogP contribution in [0.2, 0.25) is 5.02 Å². The summed E-state index contributed by atoms with van der Waals surface area (Å²) in [5, 5.41) is 0.674. The second kappa shape index (κ2) is 3.77. The molecule has 0 spiro atoms. The molecule has 1 heterocycles. The predicted molar refractivity (Wildman–Crippen MR) is 54.3 cm³/mol. The third-order valence-corrected chi connectivity index (χ3v) is 2.59. The molecule has 1 aliphatic heterocycles. The monoisotopic (exact) mass is 213 g/mol. The van der Waals surface area contributed by atoms with E-state index in [0.29, 0.717) is 18.4 Å². The van der Waals surface area contributed by atoms with Gasteiger partial charge < -0.3 is 15.2 Å². The van der Waals surface area contributed by atoms with Crippen LogP contribution in [0.1, 0.15) is 24.1 Å². The zero-order chi connectivity index (χ0) is 10.1. The molecule has 1 aromatic rings. The molecule has 0 amide bonds. The van der Waals surface area contributed by atoms with Crippen LogP contribution in [0.25, 0.3) is 0 Å². The van der Waals surface area contributed by atoms with Crippen molar-refractivity contribution in [2.45, 2.75) is 19.6 Å². The highest BCUT2D eigenvalue weighted by molar-refractivity contribution is 6.31. The summed E-state index contributed by atoms with van der Waals surface area (Å²) in [5.74, 6) is 0.827. The first kappa shape index (κ1) is 9.77. The zero-order valence-corrected chi connectivity index (χ0v) is 8.67. The Morgan fingerprint density at radius 3 is 3.00 bits per heavy atom. The van der Waals surface area contributed by atoms with Gasteiger partial charge in [-0.3, -0.25) is 0 Å². The summed E-state index contributed by atoms with van der Waals surface area (Å²) in [4.78, 5) is 0. The highest BCUT2D eigenvalue weighted by Gasteiger charge is 2.19. The van der Waals surface area contributed by atoms with Crippen LogP contribution in [0, 0.1) is 0 Å². The van der Waals surface area contributed by atoms with Gasteiger partial charge in [0.25, 0.3) is 0 Å². The van der Waals surface area contributed by atoms with Crippen molar-refractivity contribution in [3.05, 3.63) is 28.3 Å². The lowest BCUT2D eigenvalue weighted by Crippen LogP contribution is -2.17. The Balaban J connectivity index is 2.55. The maximum absolute atomic E-state index is 6.07. The Labute approximate surface area is 87.8 Å². The van der Waals surface area contributed by atoms with E-state index < -0.39 is 0 Å². The molecular formula is C10H12ClNO2. The molecule has 76 valence electrons. The fourth-order valence-electron chi connectivity index (χ4n) is 1.64. The van der Waals surface area contributed by atoms with Gasteiger partial charge in [-0.25, -0.2) is 0 Å². The molecular weight excluding hydrogens is 202 g/mol. The number of fused-ring (bicyclic) bond motifs is 1. The molecule has 0 saturated carbocycles. The quantitative estimate of drug-likeness (QED) is 0.778. The highest BCUT2D eigenvalue weighted by atomic mass is 35.5. The first-order chi connectivity index (χ1) is 6.70. The van der Waals surface area contributed by atoms with Gasteiger partial charge in [-0.05, 0) is 24.6 Å². The largest absolute Gasteiger partial charge is 0.467 e. The van der Waals surface area contributed by atoms with Crippen molar-refractivity contribution in [1.29, 1.82) is 0 Å². The fraction of sp³-hybridized carbons (Fsp3) is 0.400. The highest BCUT2D eigenvalue weighted by Crippen LogP contribution is 2.34. The van der Waals surface area contributed by atoms with Gasteiger partial charge in [0.2, 0.25) is 0 Å². The van der Waals surface area contributed by atoms with Crippen molar-refractivity contribution in [3.63, 3.8) is 0 Å². The van der Waals surface area contributed by atoms with Crippen LogP contribution < -0.4 is 10.5 Å². The van der Waals surface area contributed by atoms with E-state index >= 15 is 0 Å². The second-order valence-electron chi connectivity index (χ2n) is 3.34. The van der Waals surface area contributed by atoms with Crippen molar-refractivity contribution in [2.24, 2.45) is 5.73 Å². The smallest absolute Gasteiger partial charge is 0.189 e. The average Bonchev–Trinajstić information content (AvgIpc) is 2.17. The van der Waals surface area contributed by atoms with Crippen LogP contribution in [0.5, 0.6) is 5.75 Å². The number of halogens is 1. The summed E-state index contributed by atoms with van der Waals surface area (Å²) in [6.45, 7) is 2.72. The van der Waals surface area contributed by atoms with Crippen LogP contribution in [-0.4, -0.2) is 6.79 Å². The number of rotatable bonds is 1. The Hall–Kier alpha value is -0.770. The number of ether oxygens (including phenoxy) is 2. The molecule has 0 bridgehead atoms. The van der Waals surface area contributed by atoms with E-state index in [-0.39, 0.29) is 6.04 Å². The normalized spacial score (nSPS) is 17.1. The van der Waals surface area contributed by atoms with Crippen LogP contribution in [0.15, 0.2) is 12.1 Å². The number of nitrogens with two attached hydrogens (primary N) is 1. The van der Waals surface area contributed by atoms with Crippen LogP contribution in [-0.2, 0) is 11.3 Å². The molecule has 2 N–H and O–H groups in total. The summed E-state index contributed by atoms with van der Waals surface area (Å²) in [6, 6.07) is 3.55. The molecule has 0 radical (unpaired) electrons. The third-order valence-electron chi connectivity index (χ3n) is 2.26. The molecule has 0 fully saturated rings. The van der Waals surface area contributed by atoms with Crippen molar-refractivity contribution in [1.82, 2.24) is 0 Å². The van der Waals surface area contributed by atoms with Gasteiger partial charge in [0.05, 0.1) is 6.61 Å². The summed E-state index contributed by atoms with van der Waals surface area (Å²) in [6.07, 6.45) is 0. The zero-order valence-electron chi connectivity index (χ0n) is 7.92. The number of hydrogen-bond acceptors (Lipinski definition) is 3. The van der Waals surface area contributed by atoms with Gasteiger partial charge in [-0.1, -0.05) is 11.6 Å². The van der Waals surface area contributed by atoms with E-state index in [1.165, 1.54) is 0 Å². The summed E-state index contributed by atoms with van der Waals surface area (Å²) < 4.78 is 10.5. The van der Waals surface area contributed by atoms with Crippen molar-refractivity contribution < 1.29 is 9.47 Å². The minimum absolute atomic E-state index is 0.109. The SMILES string of the molecule is CC(N)c1c(Cl)ccc2c1COCO2. The van der Waals surface area contributed by atoms with E-state index in [2.05, 4.69) is 0 Å². The first-order valence-corrected chi connectivity index (χ1v) is 4.85. The maximum Gasteiger partial charge on any atom is 0.189 e. The lowest BCUT2D eigenvalue weighted by atomic mass is 10.0. The molecule has 0 saturated heterocycles. The van der Waals surface area contributed by atoms with E-state index in [0.717, 1.165) is 16.9 Å². The Bertz CT molecular complexity index is 352. The standard InChI is InChI=1S/C10H12ClNO2/c1-6(12)10-7-4-13-5-14-9(7)3-2-8(10)11/h2-3,6H,4-5,12H2,1H3. The van der Waals surface area contributed by atoms with Crippen LogP contribution in [0.4, 0.5) is 0 Å². The van der Waals surface area contributed by atoms with Gasteiger partial charge in [0.1, 0.15) is 5.75 Å². The minimum Gasteiger partial charge on any atom is -0.467 e. The fourth-order valence-corrected chi connectivity index (χ4v) is 1.99. The second-order valence-corrected chi connectivity index (χ2v) is 3.74. The Kier molecular flexibility index (Phi) is 2.63. The van der Waals surface area contributed by atoms with E-state index in [1.807, 2.05) is 19.1 Å². The molecule has 1 atom stereocenters. The molecule has 14 heavy (non-hydrogen) atoms. The van der Waals surface area contributed by atoms with Crippen LogP contribution in [0.3, 0.4) is 0 Å². The van der Waals surface area contributed by atoms with Gasteiger partial charge in [-0.15, -0.1) is 0 Å². The van der Waals surface area contributed by atoms with Crippen molar-refractivity contribution >= 4 is 11.6 Å². The molecule has 0 aromatic heterocycles. The lowest BCUT2D eigenvalue weighted by Gasteiger charge is -2.22. The molecule has 0 aliphatic carbocycles. The summed E-state index contributed by atoms with van der Waals surface area (Å²) in [5.41, 5.74) is 7.73. The first-order valence-electron chi connectivity index (χ1n) is 4.47. The molecule has 2 rings (SSSR count). The van der Waals surface area contributed by atoms with Gasteiger partial charge in [0.15, 0.2) is 6.79 Å². The summed E-state index contributed by atoms with van der Waals surface area (Å²) >= 11 is 6.07. The van der Waals surface area contributed by atoms with Gasteiger partial charge in [-0.2, -0.15) is 0 Å². The molecule has 1 aromatic carbocycles. The molecule has 4 heteroatoms. The van der Waals surface area contributed by atoms with E-state index in [4.69, 9.17) is 26.8 Å². The summed E-state index contributed by atoms with van der Waals surface area (Å²) in [7, 11) is 0. The maximum atomic E-state index is 6.07. The van der Waals surface area contributed by atoms with Crippen molar-refractivity contribution in [3.8, 4) is 5.75 Å². The van der Waals surface area contributed by atoms with Crippen molar-refractivity contribution in [2.75, 3.05) is 6.79 Å².